The molecule has 1 atom stereocenters. The van der Waals surface area contributed by atoms with Gasteiger partial charge in [0.2, 0.25) is 6.41 Å². The number of nitrogens with zero attached hydrogens (tertiary/aromatic N) is 1. The molecule has 1 aromatic heterocycles. The van der Waals surface area contributed by atoms with Crippen LogP contribution >= 0.6 is 0 Å². The summed E-state index contributed by atoms with van der Waals surface area (Å²) < 4.78 is 0. The molecule has 15 heavy (non-hydrogen) atoms. The summed E-state index contributed by atoms with van der Waals surface area (Å²) in [5.74, 6) is 0. The van der Waals surface area contributed by atoms with Gasteiger partial charge in [-0.25, -0.2) is 0 Å². The van der Waals surface area contributed by atoms with Crippen molar-refractivity contribution in [3.63, 3.8) is 0 Å². The van der Waals surface area contributed by atoms with Gasteiger partial charge in [-0.05, 0) is 24.4 Å². The molecule has 0 spiro atoms. The number of aromatic amines is 1. The molecule has 0 saturated heterocycles. The van der Waals surface area contributed by atoms with Crippen molar-refractivity contribution in [1.82, 2.24) is 9.88 Å². The monoisotopic (exact) mass is 202 g/mol. The summed E-state index contributed by atoms with van der Waals surface area (Å²) in [7, 11) is 1.78. The molecule has 0 saturated carbocycles. The Labute approximate surface area is 88.7 Å². The molecule has 1 unspecified atom stereocenters. The molecule has 2 rings (SSSR count). The molecule has 0 aliphatic heterocycles. The minimum Gasteiger partial charge on any atom is -0.357 e. The molecular formula is C12H14N2O. The van der Waals surface area contributed by atoms with Gasteiger partial charge in [0.1, 0.15) is 0 Å². The van der Waals surface area contributed by atoms with Crippen molar-refractivity contribution in [1.29, 1.82) is 0 Å². The third-order valence-corrected chi connectivity index (χ3v) is 2.78. The molecular weight excluding hydrogens is 188 g/mol. The lowest BCUT2D eigenvalue weighted by Crippen LogP contribution is -2.20. The zero-order valence-corrected chi connectivity index (χ0v) is 8.90. The van der Waals surface area contributed by atoms with Crippen LogP contribution in [0.5, 0.6) is 0 Å². The molecule has 1 amide bonds. The number of amides is 1. The lowest BCUT2D eigenvalue weighted by molar-refractivity contribution is -0.118. The number of H-pyrrole nitrogens is 1. The Bertz CT molecular complexity index is 442. The number of fused-ring (bicyclic) bond motifs is 1. The van der Waals surface area contributed by atoms with E-state index in [1.54, 1.807) is 11.9 Å². The normalized spacial score (nSPS) is 12.7. The van der Waals surface area contributed by atoms with Gasteiger partial charge in [-0.2, -0.15) is 0 Å². The second-order valence-electron chi connectivity index (χ2n) is 3.76. The van der Waals surface area contributed by atoms with Crippen molar-refractivity contribution >= 4 is 17.3 Å². The third kappa shape index (κ3) is 1.73. The van der Waals surface area contributed by atoms with Crippen LogP contribution in [0, 0.1) is 0 Å². The van der Waals surface area contributed by atoms with Crippen LogP contribution in [0.15, 0.2) is 30.3 Å². The predicted molar refractivity (Wildman–Crippen MR) is 60.5 cm³/mol. The summed E-state index contributed by atoms with van der Waals surface area (Å²) in [5.41, 5.74) is 2.17. The lowest BCUT2D eigenvalue weighted by atomic mass is 10.2. The maximum Gasteiger partial charge on any atom is 0.210 e. The summed E-state index contributed by atoms with van der Waals surface area (Å²) in [6.07, 6.45) is 0.843. The topological polar surface area (TPSA) is 36.1 Å². The number of hydrogen-bond donors (Lipinski definition) is 1. The summed E-state index contributed by atoms with van der Waals surface area (Å²) in [6.45, 7) is 2.00. The fourth-order valence-electron chi connectivity index (χ4n) is 1.63. The van der Waals surface area contributed by atoms with Crippen molar-refractivity contribution in [3.8, 4) is 0 Å². The van der Waals surface area contributed by atoms with Gasteiger partial charge in [-0.3, -0.25) is 4.79 Å². The molecule has 2 aromatic rings. The number of benzene rings is 1. The molecule has 78 valence electrons. The quantitative estimate of drug-likeness (QED) is 0.762. The number of carbonyl (C=O) groups is 1. The SMILES string of the molecule is CC(c1cc2ccccc2[nH]1)N(C)C=O. The van der Waals surface area contributed by atoms with Crippen LogP contribution in [0.1, 0.15) is 18.7 Å². The Hall–Kier alpha value is -1.77. The number of carbonyl (C=O) groups excluding carboxylic acids is 1. The molecule has 0 radical (unpaired) electrons. The highest BCUT2D eigenvalue weighted by atomic mass is 16.1. The fraction of sp³-hybridized carbons (Fsp3) is 0.250. The van der Waals surface area contributed by atoms with E-state index in [0.717, 1.165) is 17.6 Å². The first kappa shape index (κ1) is 9.77. The molecule has 0 bridgehead atoms. The molecule has 1 heterocycles. The summed E-state index contributed by atoms with van der Waals surface area (Å²) in [5, 5.41) is 1.18. The molecule has 0 aliphatic rings. The predicted octanol–water partition coefficient (Wildman–Crippen LogP) is 2.32. The first-order valence-electron chi connectivity index (χ1n) is 4.97. The van der Waals surface area contributed by atoms with Gasteiger partial charge in [0.15, 0.2) is 0 Å². The Morgan fingerprint density at radius 1 is 1.40 bits per heavy atom. The summed E-state index contributed by atoms with van der Waals surface area (Å²) in [6, 6.07) is 10.3. The van der Waals surface area contributed by atoms with Crippen LogP contribution in [0.4, 0.5) is 0 Å². The summed E-state index contributed by atoms with van der Waals surface area (Å²) >= 11 is 0. The molecule has 0 aliphatic carbocycles. The molecule has 0 fully saturated rings. The van der Waals surface area contributed by atoms with E-state index in [-0.39, 0.29) is 6.04 Å². The van der Waals surface area contributed by atoms with Crippen LogP contribution in [0.25, 0.3) is 10.9 Å². The molecule has 1 aromatic carbocycles. The average Bonchev–Trinajstić information content (AvgIpc) is 2.70. The Morgan fingerprint density at radius 3 is 2.80 bits per heavy atom. The van der Waals surface area contributed by atoms with E-state index in [0.29, 0.717) is 0 Å². The van der Waals surface area contributed by atoms with E-state index in [1.807, 2.05) is 25.1 Å². The fourth-order valence-corrected chi connectivity index (χ4v) is 1.63. The third-order valence-electron chi connectivity index (χ3n) is 2.78. The average molecular weight is 202 g/mol. The van der Waals surface area contributed by atoms with E-state index in [2.05, 4.69) is 17.1 Å². The first-order chi connectivity index (χ1) is 7.22. The number of aromatic nitrogens is 1. The molecule has 3 nitrogen and oxygen atoms in total. The minimum atomic E-state index is 0.0786. The first-order valence-corrected chi connectivity index (χ1v) is 4.97. The smallest absolute Gasteiger partial charge is 0.210 e. The van der Waals surface area contributed by atoms with Gasteiger partial charge >= 0.3 is 0 Å². The van der Waals surface area contributed by atoms with E-state index in [4.69, 9.17) is 0 Å². The van der Waals surface area contributed by atoms with Gasteiger partial charge in [0, 0.05) is 18.3 Å². The van der Waals surface area contributed by atoms with Crippen LogP contribution in [0.3, 0.4) is 0 Å². The molecule has 1 N–H and O–H groups in total. The highest BCUT2D eigenvalue weighted by Gasteiger charge is 2.11. The number of rotatable bonds is 3. The lowest BCUT2D eigenvalue weighted by Gasteiger charge is -2.18. The van der Waals surface area contributed by atoms with Crippen LogP contribution in [-0.4, -0.2) is 23.3 Å². The Morgan fingerprint density at radius 2 is 2.13 bits per heavy atom. The Kier molecular flexibility index (Phi) is 2.46. The minimum absolute atomic E-state index is 0.0786. The largest absolute Gasteiger partial charge is 0.357 e. The maximum absolute atomic E-state index is 10.6. The van der Waals surface area contributed by atoms with Crippen molar-refractivity contribution < 1.29 is 4.79 Å². The van der Waals surface area contributed by atoms with Gasteiger partial charge in [0.25, 0.3) is 0 Å². The van der Waals surface area contributed by atoms with Crippen LogP contribution in [-0.2, 0) is 4.79 Å². The van der Waals surface area contributed by atoms with Crippen LogP contribution < -0.4 is 0 Å². The summed E-state index contributed by atoms with van der Waals surface area (Å²) in [4.78, 5) is 15.6. The van der Waals surface area contributed by atoms with Crippen molar-refractivity contribution in [3.05, 3.63) is 36.0 Å². The number of hydrogen-bond acceptors (Lipinski definition) is 1. The number of nitrogens with one attached hydrogen (secondary N) is 1. The van der Waals surface area contributed by atoms with Crippen molar-refractivity contribution in [2.45, 2.75) is 13.0 Å². The van der Waals surface area contributed by atoms with E-state index < -0.39 is 0 Å². The zero-order chi connectivity index (χ0) is 10.8. The van der Waals surface area contributed by atoms with Gasteiger partial charge in [-0.15, -0.1) is 0 Å². The second kappa shape index (κ2) is 3.77. The van der Waals surface area contributed by atoms with E-state index in [9.17, 15) is 4.79 Å². The zero-order valence-electron chi connectivity index (χ0n) is 8.90. The highest BCUT2D eigenvalue weighted by molar-refractivity contribution is 5.80. The number of para-hydroxylation sites is 1. The second-order valence-corrected chi connectivity index (χ2v) is 3.76. The standard InChI is InChI=1S/C12H14N2O/c1-9(14(2)8-15)12-7-10-5-3-4-6-11(10)13-12/h3-9,13H,1-2H3. The van der Waals surface area contributed by atoms with Crippen molar-refractivity contribution in [2.75, 3.05) is 7.05 Å². The maximum atomic E-state index is 10.6. The molecule has 3 heteroatoms. The van der Waals surface area contributed by atoms with Crippen molar-refractivity contribution in [2.24, 2.45) is 0 Å². The van der Waals surface area contributed by atoms with Gasteiger partial charge in [0.05, 0.1) is 6.04 Å². The van der Waals surface area contributed by atoms with E-state index >= 15 is 0 Å². The van der Waals surface area contributed by atoms with Gasteiger partial charge in [-0.1, -0.05) is 18.2 Å². The van der Waals surface area contributed by atoms with E-state index in [1.165, 1.54) is 5.39 Å². The Balaban J connectivity index is 2.40. The highest BCUT2D eigenvalue weighted by Crippen LogP contribution is 2.22. The van der Waals surface area contributed by atoms with Crippen LogP contribution in [0.2, 0.25) is 0 Å². The van der Waals surface area contributed by atoms with Gasteiger partial charge < -0.3 is 9.88 Å².